The van der Waals surface area contributed by atoms with E-state index in [1.807, 2.05) is 5.32 Å². The Balaban J connectivity index is 2.38. The lowest BCUT2D eigenvalue weighted by atomic mass is 10.1. The number of carbonyl (C=O) groups excluding carboxylic acids is 3. The van der Waals surface area contributed by atoms with Crippen LogP contribution in [-0.2, 0) is 20.5 Å². The molecule has 0 saturated carbocycles. The summed E-state index contributed by atoms with van der Waals surface area (Å²) in [5.41, 5.74) is -1.12. The van der Waals surface area contributed by atoms with Gasteiger partial charge in [0.15, 0.2) is 6.61 Å². The van der Waals surface area contributed by atoms with Gasteiger partial charge in [-0.3, -0.25) is 14.4 Å². The maximum atomic E-state index is 12.4. The van der Waals surface area contributed by atoms with Gasteiger partial charge in [0.25, 0.3) is 11.8 Å². The van der Waals surface area contributed by atoms with Crippen LogP contribution >= 0.6 is 0 Å². The second kappa shape index (κ2) is 8.54. The maximum Gasteiger partial charge on any atom is 0.416 e. The first-order valence-electron chi connectivity index (χ1n) is 6.83. The molecule has 2 amide bonds. The lowest BCUT2D eigenvalue weighted by Gasteiger charge is -2.10. The van der Waals surface area contributed by atoms with Gasteiger partial charge in [0.2, 0.25) is 0 Å². The third kappa shape index (κ3) is 7.85. The molecule has 0 aliphatic heterocycles. The van der Waals surface area contributed by atoms with E-state index in [1.54, 1.807) is 0 Å². The van der Waals surface area contributed by atoms with Crippen molar-refractivity contribution in [3.05, 3.63) is 35.4 Å². The van der Waals surface area contributed by atoms with Gasteiger partial charge in [-0.2, -0.15) is 26.3 Å². The van der Waals surface area contributed by atoms with Crippen LogP contribution in [0.25, 0.3) is 0 Å². The normalized spacial score (nSPS) is 11.6. The summed E-state index contributed by atoms with van der Waals surface area (Å²) in [6, 6.07) is 3.15. The van der Waals surface area contributed by atoms with Crippen molar-refractivity contribution in [1.82, 2.24) is 10.6 Å². The summed E-state index contributed by atoms with van der Waals surface area (Å²) in [6.07, 6.45) is -9.18. The first-order valence-corrected chi connectivity index (χ1v) is 6.83. The smallest absolute Gasteiger partial charge is 0.416 e. The molecular formula is C14H12F6N2O4. The van der Waals surface area contributed by atoms with Gasteiger partial charge in [0.05, 0.1) is 5.56 Å². The van der Waals surface area contributed by atoms with Crippen LogP contribution in [0.5, 0.6) is 0 Å². The van der Waals surface area contributed by atoms with Crippen molar-refractivity contribution in [2.75, 3.05) is 19.7 Å². The molecule has 0 heterocycles. The molecule has 0 aromatic heterocycles. The third-order valence-electron chi connectivity index (χ3n) is 2.72. The number of hydrogen-bond donors (Lipinski definition) is 2. The van der Waals surface area contributed by atoms with Crippen molar-refractivity contribution >= 4 is 17.8 Å². The zero-order chi connectivity index (χ0) is 20.0. The Morgan fingerprint density at radius 3 is 2.00 bits per heavy atom. The Labute approximate surface area is 142 Å². The zero-order valence-corrected chi connectivity index (χ0v) is 12.8. The van der Waals surface area contributed by atoms with Crippen molar-refractivity contribution in [1.29, 1.82) is 0 Å². The van der Waals surface area contributed by atoms with Crippen LogP contribution in [0.1, 0.15) is 15.9 Å². The standard InChI is InChI=1S/C14H12F6N2O4/c15-13(16,17)7-22-10(23)6-26-11(24)5-21-12(25)8-1-3-9(4-2-8)14(18,19)20/h1-4H,5-7H2,(H,21,25)(H,22,23). The SMILES string of the molecule is O=C(COC(=O)CNC(=O)c1ccc(C(F)(F)F)cc1)NCC(F)(F)F. The number of nitrogens with one attached hydrogen (secondary N) is 2. The Morgan fingerprint density at radius 1 is 0.923 bits per heavy atom. The molecule has 0 radical (unpaired) electrons. The second-order valence-electron chi connectivity index (χ2n) is 4.81. The molecule has 0 saturated heterocycles. The molecular weight excluding hydrogens is 374 g/mol. The van der Waals surface area contributed by atoms with Gasteiger partial charge in [-0.05, 0) is 24.3 Å². The summed E-state index contributed by atoms with van der Waals surface area (Å²) in [5, 5.41) is 3.50. The summed E-state index contributed by atoms with van der Waals surface area (Å²) in [6.45, 7) is -3.30. The van der Waals surface area contributed by atoms with Crippen LogP contribution in [0, 0.1) is 0 Å². The molecule has 0 aliphatic carbocycles. The number of ether oxygens (including phenoxy) is 1. The largest absolute Gasteiger partial charge is 0.454 e. The van der Waals surface area contributed by atoms with Crippen molar-refractivity contribution < 1.29 is 45.5 Å². The van der Waals surface area contributed by atoms with Crippen LogP contribution < -0.4 is 10.6 Å². The molecule has 0 unspecified atom stereocenters. The number of hydrogen-bond acceptors (Lipinski definition) is 4. The first-order chi connectivity index (χ1) is 11.9. The van der Waals surface area contributed by atoms with E-state index >= 15 is 0 Å². The van der Waals surface area contributed by atoms with Crippen molar-refractivity contribution in [3.8, 4) is 0 Å². The van der Waals surface area contributed by atoms with E-state index in [0.29, 0.717) is 12.1 Å². The predicted octanol–water partition coefficient (Wildman–Crippen LogP) is 1.66. The number of halogens is 6. The first kappa shape index (κ1) is 21.3. The van der Waals surface area contributed by atoms with E-state index in [2.05, 4.69) is 4.74 Å². The Hall–Kier alpha value is -2.79. The van der Waals surface area contributed by atoms with Gasteiger partial charge in [0, 0.05) is 5.56 Å². The molecule has 1 aromatic carbocycles. The third-order valence-corrected chi connectivity index (χ3v) is 2.72. The van der Waals surface area contributed by atoms with E-state index in [4.69, 9.17) is 0 Å². The monoisotopic (exact) mass is 386 g/mol. The highest BCUT2D eigenvalue weighted by Gasteiger charge is 2.30. The average Bonchev–Trinajstić information content (AvgIpc) is 2.54. The van der Waals surface area contributed by atoms with Crippen molar-refractivity contribution in [3.63, 3.8) is 0 Å². The Morgan fingerprint density at radius 2 is 1.50 bits per heavy atom. The highest BCUT2D eigenvalue weighted by molar-refractivity contribution is 5.96. The zero-order valence-electron chi connectivity index (χ0n) is 12.8. The number of alkyl halides is 6. The second-order valence-corrected chi connectivity index (χ2v) is 4.81. The van der Waals surface area contributed by atoms with E-state index < -0.39 is 55.4 Å². The minimum atomic E-state index is -4.62. The Bertz CT molecular complexity index is 655. The van der Waals surface area contributed by atoms with Crippen LogP contribution in [0.2, 0.25) is 0 Å². The topological polar surface area (TPSA) is 84.5 Å². The molecule has 6 nitrogen and oxygen atoms in total. The van der Waals surface area contributed by atoms with E-state index in [-0.39, 0.29) is 5.56 Å². The minimum absolute atomic E-state index is 0.159. The van der Waals surface area contributed by atoms with Crippen LogP contribution in [-0.4, -0.2) is 43.7 Å². The summed E-state index contributed by atoms with van der Waals surface area (Å²) < 4.78 is 77.0. The molecule has 1 aromatic rings. The van der Waals surface area contributed by atoms with Gasteiger partial charge >= 0.3 is 18.3 Å². The van der Waals surface area contributed by atoms with E-state index in [1.165, 1.54) is 5.32 Å². The van der Waals surface area contributed by atoms with E-state index in [9.17, 15) is 40.7 Å². The summed E-state index contributed by atoms with van der Waals surface area (Å²) in [7, 11) is 0. The lowest BCUT2D eigenvalue weighted by molar-refractivity contribution is -0.150. The number of benzene rings is 1. The molecule has 0 bridgehead atoms. The molecule has 2 N–H and O–H groups in total. The lowest BCUT2D eigenvalue weighted by Crippen LogP contribution is -2.37. The molecule has 144 valence electrons. The fourth-order valence-electron chi connectivity index (χ4n) is 1.51. The van der Waals surface area contributed by atoms with Crippen molar-refractivity contribution in [2.24, 2.45) is 0 Å². The van der Waals surface area contributed by atoms with Gasteiger partial charge in [0.1, 0.15) is 13.1 Å². The quantitative estimate of drug-likeness (QED) is 0.575. The average molecular weight is 386 g/mol. The summed E-state index contributed by atoms with van der Waals surface area (Å²) in [4.78, 5) is 33.9. The van der Waals surface area contributed by atoms with Gasteiger partial charge in [-0.25, -0.2) is 0 Å². The molecule has 0 aliphatic rings. The highest BCUT2D eigenvalue weighted by Crippen LogP contribution is 2.29. The molecule has 0 spiro atoms. The van der Waals surface area contributed by atoms with Gasteiger partial charge < -0.3 is 15.4 Å². The number of esters is 1. The fraction of sp³-hybridized carbons (Fsp3) is 0.357. The number of amides is 2. The molecule has 1 rings (SSSR count). The van der Waals surface area contributed by atoms with Crippen LogP contribution in [0.15, 0.2) is 24.3 Å². The minimum Gasteiger partial charge on any atom is -0.454 e. The van der Waals surface area contributed by atoms with Crippen molar-refractivity contribution in [2.45, 2.75) is 12.4 Å². The molecule has 0 atom stereocenters. The fourth-order valence-corrected chi connectivity index (χ4v) is 1.51. The molecule has 12 heteroatoms. The molecule has 26 heavy (non-hydrogen) atoms. The van der Waals surface area contributed by atoms with Crippen LogP contribution in [0.3, 0.4) is 0 Å². The van der Waals surface area contributed by atoms with Crippen LogP contribution in [0.4, 0.5) is 26.3 Å². The molecule has 0 fully saturated rings. The number of carbonyl (C=O) groups is 3. The van der Waals surface area contributed by atoms with Gasteiger partial charge in [-0.1, -0.05) is 0 Å². The maximum absolute atomic E-state index is 12.4. The highest BCUT2D eigenvalue weighted by atomic mass is 19.4. The number of rotatable bonds is 6. The predicted molar refractivity (Wildman–Crippen MR) is 73.8 cm³/mol. The van der Waals surface area contributed by atoms with Gasteiger partial charge in [-0.15, -0.1) is 0 Å². The van der Waals surface area contributed by atoms with E-state index in [0.717, 1.165) is 12.1 Å². The summed E-state index contributed by atoms with van der Waals surface area (Å²) in [5.74, 6) is -3.19. The Kier molecular flexibility index (Phi) is 6.98. The summed E-state index contributed by atoms with van der Waals surface area (Å²) >= 11 is 0.